The summed E-state index contributed by atoms with van der Waals surface area (Å²) in [5.41, 5.74) is 2.65. The number of carbonyl (C=O) groups excluding carboxylic acids is 2. The van der Waals surface area contributed by atoms with Gasteiger partial charge in [0.1, 0.15) is 5.58 Å². The van der Waals surface area contributed by atoms with Gasteiger partial charge in [-0.15, -0.1) is 0 Å². The maximum atomic E-state index is 13.6. The average molecular weight is 507 g/mol. The van der Waals surface area contributed by atoms with Gasteiger partial charge in [-0.2, -0.15) is 0 Å². The predicted octanol–water partition coefficient (Wildman–Crippen LogP) is 5.08. The zero-order chi connectivity index (χ0) is 26.6. The van der Waals surface area contributed by atoms with Crippen molar-refractivity contribution in [3.05, 3.63) is 81.7 Å². The number of rotatable bonds is 14. The molecule has 0 N–H and O–H groups in total. The van der Waals surface area contributed by atoms with Crippen LogP contribution in [0.4, 0.5) is 0 Å². The zero-order valence-electron chi connectivity index (χ0n) is 22.2. The number of amides is 2. The van der Waals surface area contributed by atoms with Crippen LogP contribution in [0.3, 0.4) is 0 Å². The van der Waals surface area contributed by atoms with Crippen LogP contribution >= 0.6 is 0 Å². The van der Waals surface area contributed by atoms with E-state index in [0.29, 0.717) is 42.6 Å². The lowest BCUT2D eigenvalue weighted by atomic mass is 10.1. The van der Waals surface area contributed by atoms with Crippen molar-refractivity contribution in [2.24, 2.45) is 0 Å². The number of ether oxygens (including phenoxy) is 1. The van der Waals surface area contributed by atoms with Crippen LogP contribution in [0.1, 0.15) is 55.7 Å². The van der Waals surface area contributed by atoms with Gasteiger partial charge < -0.3 is 19.0 Å². The molecule has 0 aliphatic rings. The summed E-state index contributed by atoms with van der Waals surface area (Å²) < 4.78 is 10.9. The maximum Gasteiger partial charge on any atom is 0.242 e. The van der Waals surface area contributed by atoms with E-state index in [1.807, 2.05) is 43.3 Å². The molecule has 0 saturated heterocycles. The SMILES string of the molecule is CCCCCCC(=O)N(CCOC)CC(=O)N(Cc1ccccc1)Cc1coc2ccc(C)cc2c1=O. The molecule has 0 aliphatic carbocycles. The third-order valence-electron chi connectivity index (χ3n) is 6.42. The highest BCUT2D eigenvalue weighted by Gasteiger charge is 2.23. The Morgan fingerprint density at radius 2 is 1.73 bits per heavy atom. The highest BCUT2D eigenvalue weighted by Crippen LogP contribution is 2.16. The second-order valence-corrected chi connectivity index (χ2v) is 9.44. The molecule has 3 aromatic rings. The second kappa shape index (κ2) is 14.3. The van der Waals surface area contributed by atoms with Crippen molar-refractivity contribution in [2.45, 2.75) is 59.0 Å². The number of methoxy groups -OCH3 is 1. The van der Waals surface area contributed by atoms with E-state index in [1.54, 1.807) is 29.0 Å². The van der Waals surface area contributed by atoms with Crippen molar-refractivity contribution in [3.63, 3.8) is 0 Å². The van der Waals surface area contributed by atoms with E-state index < -0.39 is 0 Å². The molecule has 1 aromatic heterocycles. The van der Waals surface area contributed by atoms with Crippen LogP contribution in [0.2, 0.25) is 0 Å². The summed E-state index contributed by atoms with van der Waals surface area (Å²) in [5.74, 6) is -0.285. The lowest BCUT2D eigenvalue weighted by molar-refractivity contribution is -0.141. The van der Waals surface area contributed by atoms with Crippen molar-refractivity contribution in [1.29, 1.82) is 0 Å². The number of fused-ring (bicyclic) bond motifs is 1. The Morgan fingerprint density at radius 1 is 0.946 bits per heavy atom. The van der Waals surface area contributed by atoms with Crippen molar-refractivity contribution in [1.82, 2.24) is 9.80 Å². The first-order chi connectivity index (χ1) is 17.9. The molecule has 3 rings (SSSR count). The molecular weight excluding hydrogens is 468 g/mol. The third kappa shape index (κ3) is 8.29. The molecule has 2 amide bonds. The summed E-state index contributed by atoms with van der Waals surface area (Å²) in [4.78, 5) is 43.0. The molecule has 198 valence electrons. The molecule has 1 heterocycles. The Hall–Kier alpha value is -3.45. The standard InChI is InChI=1S/C30H38N2O5/c1-4-5-6-10-13-28(33)31(16-17-36-3)21-29(34)32(19-24-11-8-7-9-12-24)20-25-22-37-27-15-14-23(2)18-26(27)30(25)35/h7-9,11-12,14-15,18,22H,4-6,10,13,16-17,19-21H2,1-3H3. The van der Waals surface area contributed by atoms with E-state index in [2.05, 4.69) is 6.92 Å². The Kier molecular flexibility index (Phi) is 10.9. The summed E-state index contributed by atoms with van der Waals surface area (Å²) in [6.45, 7) is 5.07. The van der Waals surface area contributed by atoms with Gasteiger partial charge in [-0.3, -0.25) is 14.4 Å². The fraction of sp³-hybridized carbons (Fsp3) is 0.433. The normalized spacial score (nSPS) is 11.0. The molecule has 7 nitrogen and oxygen atoms in total. The van der Waals surface area contributed by atoms with Crippen molar-refractivity contribution in [2.75, 3.05) is 26.8 Å². The molecule has 7 heteroatoms. The van der Waals surface area contributed by atoms with Crippen LogP contribution < -0.4 is 5.43 Å². The Bertz CT molecular complexity index is 1220. The third-order valence-corrected chi connectivity index (χ3v) is 6.42. The number of unbranched alkanes of at least 4 members (excludes halogenated alkanes) is 3. The van der Waals surface area contributed by atoms with Gasteiger partial charge in [-0.25, -0.2) is 0 Å². The van der Waals surface area contributed by atoms with Crippen LogP contribution in [0.15, 0.2) is 64.0 Å². The zero-order valence-corrected chi connectivity index (χ0v) is 22.2. The molecule has 0 unspecified atom stereocenters. The first kappa shape index (κ1) is 28.1. The second-order valence-electron chi connectivity index (χ2n) is 9.44. The molecule has 37 heavy (non-hydrogen) atoms. The van der Waals surface area contributed by atoms with Crippen LogP contribution in [-0.4, -0.2) is 48.4 Å². The van der Waals surface area contributed by atoms with Gasteiger partial charge in [-0.05, 0) is 31.0 Å². The lowest BCUT2D eigenvalue weighted by Gasteiger charge is -2.28. The molecule has 0 radical (unpaired) electrons. The first-order valence-corrected chi connectivity index (χ1v) is 13.0. The number of hydrogen-bond donors (Lipinski definition) is 0. The number of hydrogen-bond acceptors (Lipinski definition) is 5. The smallest absolute Gasteiger partial charge is 0.242 e. The van der Waals surface area contributed by atoms with E-state index in [9.17, 15) is 14.4 Å². The van der Waals surface area contributed by atoms with E-state index in [0.717, 1.165) is 36.8 Å². The van der Waals surface area contributed by atoms with Crippen molar-refractivity contribution in [3.8, 4) is 0 Å². The van der Waals surface area contributed by atoms with Gasteiger partial charge in [0, 0.05) is 26.6 Å². The van der Waals surface area contributed by atoms with Gasteiger partial charge in [-0.1, -0.05) is 68.1 Å². The topological polar surface area (TPSA) is 80.1 Å². The largest absolute Gasteiger partial charge is 0.464 e. The summed E-state index contributed by atoms with van der Waals surface area (Å²) >= 11 is 0. The summed E-state index contributed by atoms with van der Waals surface area (Å²) in [5, 5.41) is 0.494. The molecular formula is C30H38N2O5. The molecule has 2 aromatic carbocycles. The number of benzene rings is 2. The van der Waals surface area contributed by atoms with Crippen LogP contribution in [-0.2, 0) is 27.4 Å². The Balaban J connectivity index is 1.83. The average Bonchev–Trinajstić information content (AvgIpc) is 2.90. The molecule has 0 spiro atoms. The molecule has 0 saturated carbocycles. The van der Waals surface area contributed by atoms with Crippen LogP contribution in [0, 0.1) is 6.92 Å². The molecule has 0 fully saturated rings. The highest BCUT2D eigenvalue weighted by atomic mass is 16.5. The van der Waals surface area contributed by atoms with E-state index in [1.165, 1.54) is 6.26 Å². The molecule has 0 atom stereocenters. The predicted molar refractivity (Wildman–Crippen MR) is 145 cm³/mol. The van der Waals surface area contributed by atoms with Crippen molar-refractivity contribution < 1.29 is 18.7 Å². The number of carbonyl (C=O) groups is 2. The highest BCUT2D eigenvalue weighted by molar-refractivity contribution is 5.85. The minimum atomic E-state index is -0.231. The van der Waals surface area contributed by atoms with Crippen LogP contribution in [0.5, 0.6) is 0 Å². The van der Waals surface area contributed by atoms with Gasteiger partial charge in [0.2, 0.25) is 11.8 Å². The lowest BCUT2D eigenvalue weighted by Crippen LogP contribution is -2.44. The summed E-state index contributed by atoms with van der Waals surface area (Å²) in [7, 11) is 1.58. The monoisotopic (exact) mass is 506 g/mol. The first-order valence-electron chi connectivity index (χ1n) is 13.0. The van der Waals surface area contributed by atoms with E-state index in [4.69, 9.17) is 9.15 Å². The minimum Gasteiger partial charge on any atom is -0.464 e. The summed E-state index contributed by atoms with van der Waals surface area (Å²) in [6.07, 6.45) is 5.82. The number of nitrogens with zero attached hydrogens (tertiary/aromatic N) is 2. The Labute approximate surface area is 219 Å². The van der Waals surface area contributed by atoms with Crippen molar-refractivity contribution >= 4 is 22.8 Å². The maximum absolute atomic E-state index is 13.6. The van der Waals surface area contributed by atoms with Gasteiger partial charge >= 0.3 is 0 Å². The molecule has 0 aliphatic heterocycles. The number of aryl methyl sites for hydroxylation is 1. The van der Waals surface area contributed by atoms with Gasteiger partial charge in [0.05, 0.1) is 36.9 Å². The van der Waals surface area contributed by atoms with E-state index in [-0.39, 0.29) is 30.3 Å². The van der Waals surface area contributed by atoms with Crippen LogP contribution in [0.25, 0.3) is 11.0 Å². The minimum absolute atomic E-state index is 0.0538. The van der Waals surface area contributed by atoms with E-state index >= 15 is 0 Å². The fourth-order valence-electron chi connectivity index (χ4n) is 4.25. The quantitative estimate of drug-likeness (QED) is 0.285. The fourth-order valence-corrected chi connectivity index (χ4v) is 4.25. The molecule has 0 bridgehead atoms. The summed E-state index contributed by atoms with van der Waals surface area (Å²) in [6, 6.07) is 15.1. The van der Waals surface area contributed by atoms with Gasteiger partial charge in [0.25, 0.3) is 0 Å². The Morgan fingerprint density at radius 3 is 2.46 bits per heavy atom. The van der Waals surface area contributed by atoms with Gasteiger partial charge in [0.15, 0.2) is 5.43 Å².